The zero-order valence-electron chi connectivity index (χ0n) is 11.1. The molecule has 0 aliphatic carbocycles. The Bertz CT molecular complexity index is 585. The molecule has 1 aliphatic rings. The third-order valence-electron chi connectivity index (χ3n) is 3.59. The van der Waals surface area contributed by atoms with Crippen LogP contribution in [0.2, 0.25) is 15.1 Å². The molecule has 5 nitrogen and oxygen atoms in total. The Morgan fingerprint density at radius 1 is 1.29 bits per heavy atom. The lowest BCUT2D eigenvalue weighted by molar-refractivity contribution is -0.146. The molecule has 2 rings (SSSR count). The van der Waals surface area contributed by atoms with Crippen molar-refractivity contribution in [2.24, 2.45) is 0 Å². The van der Waals surface area contributed by atoms with Crippen molar-refractivity contribution in [3.8, 4) is 0 Å². The highest BCUT2D eigenvalue weighted by molar-refractivity contribution is 6.42. The lowest BCUT2D eigenvalue weighted by Gasteiger charge is -2.31. The summed E-state index contributed by atoms with van der Waals surface area (Å²) in [5.41, 5.74) is -1.01. The molecule has 1 heterocycles. The molecule has 1 aromatic rings. The predicted octanol–water partition coefficient (Wildman–Crippen LogP) is 4.12. The van der Waals surface area contributed by atoms with Gasteiger partial charge in [0.2, 0.25) is 0 Å². The Hall–Kier alpha value is -1.17. The van der Waals surface area contributed by atoms with Crippen LogP contribution in [0.1, 0.15) is 19.8 Å². The van der Waals surface area contributed by atoms with Crippen LogP contribution < -0.4 is 5.32 Å². The van der Waals surface area contributed by atoms with Crippen molar-refractivity contribution in [1.82, 2.24) is 4.90 Å². The van der Waals surface area contributed by atoms with Crippen LogP contribution in [0.3, 0.4) is 0 Å². The molecule has 0 saturated carbocycles. The molecular weight excluding hydrogens is 339 g/mol. The number of nitrogens with one attached hydrogen (secondary N) is 1. The number of benzene rings is 1. The number of urea groups is 1. The highest BCUT2D eigenvalue weighted by Gasteiger charge is 2.46. The van der Waals surface area contributed by atoms with Gasteiger partial charge in [0.05, 0.1) is 15.7 Å². The van der Waals surface area contributed by atoms with Gasteiger partial charge in [-0.2, -0.15) is 0 Å². The first-order chi connectivity index (χ1) is 9.75. The van der Waals surface area contributed by atoms with Gasteiger partial charge in [-0.3, -0.25) is 0 Å². The molecular formula is C13H13Cl3N2O3. The van der Waals surface area contributed by atoms with Crippen molar-refractivity contribution in [2.45, 2.75) is 25.3 Å². The standard InChI is InChI=1S/C13H13Cl3N2O3/c1-13(11(19)20)3-2-4-18(13)12(21)17-10-8(15)5-7(14)6-9(10)16/h5-6H,2-4H2,1H3,(H,17,21)(H,19,20). The third-order valence-corrected chi connectivity index (χ3v) is 4.40. The van der Waals surface area contributed by atoms with Crippen LogP contribution in [-0.4, -0.2) is 34.1 Å². The number of nitrogens with zero attached hydrogens (tertiary/aromatic N) is 1. The molecule has 1 aliphatic heterocycles. The zero-order chi connectivity index (χ0) is 15.8. The van der Waals surface area contributed by atoms with Gasteiger partial charge < -0.3 is 15.3 Å². The van der Waals surface area contributed by atoms with E-state index in [1.54, 1.807) is 0 Å². The maximum absolute atomic E-state index is 12.3. The van der Waals surface area contributed by atoms with E-state index < -0.39 is 17.5 Å². The van der Waals surface area contributed by atoms with Crippen LogP contribution in [0.15, 0.2) is 12.1 Å². The topological polar surface area (TPSA) is 69.6 Å². The summed E-state index contributed by atoms with van der Waals surface area (Å²) in [5, 5.41) is 12.6. The number of carbonyl (C=O) groups is 2. The first kappa shape index (κ1) is 16.2. The van der Waals surface area contributed by atoms with Gasteiger partial charge in [-0.15, -0.1) is 0 Å². The Balaban J connectivity index is 2.25. The van der Waals surface area contributed by atoms with Gasteiger partial charge in [-0.05, 0) is 31.9 Å². The quantitative estimate of drug-likeness (QED) is 0.842. The fraction of sp³-hybridized carbons (Fsp3) is 0.385. The van der Waals surface area contributed by atoms with Gasteiger partial charge in [-0.1, -0.05) is 34.8 Å². The largest absolute Gasteiger partial charge is 0.480 e. The molecule has 114 valence electrons. The lowest BCUT2D eigenvalue weighted by atomic mass is 10.00. The molecule has 0 aromatic heterocycles. The fourth-order valence-corrected chi connectivity index (χ4v) is 3.26. The van der Waals surface area contributed by atoms with E-state index in [1.807, 2.05) is 0 Å². The molecule has 8 heteroatoms. The van der Waals surface area contributed by atoms with E-state index in [0.29, 0.717) is 24.4 Å². The molecule has 1 aromatic carbocycles. The van der Waals surface area contributed by atoms with Crippen LogP contribution in [0, 0.1) is 0 Å². The molecule has 2 N–H and O–H groups in total. The second kappa shape index (κ2) is 5.91. The minimum atomic E-state index is -1.23. The lowest BCUT2D eigenvalue weighted by Crippen LogP contribution is -2.52. The summed E-state index contributed by atoms with van der Waals surface area (Å²) in [6, 6.07) is 2.35. The summed E-state index contributed by atoms with van der Waals surface area (Å²) in [6.45, 7) is 1.88. The molecule has 0 spiro atoms. The normalized spacial score (nSPS) is 21.4. The van der Waals surface area contributed by atoms with Crippen molar-refractivity contribution in [3.05, 3.63) is 27.2 Å². The van der Waals surface area contributed by atoms with E-state index in [1.165, 1.54) is 24.0 Å². The Kier molecular flexibility index (Phi) is 4.56. The van der Waals surface area contributed by atoms with Gasteiger partial charge in [-0.25, -0.2) is 9.59 Å². The van der Waals surface area contributed by atoms with Gasteiger partial charge in [0, 0.05) is 11.6 Å². The minimum Gasteiger partial charge on any atom is -0.480 e. The smallest absolute Gasteiger partial charge is 0.329 e. The number of carboxylic acid groups (broad SMARTS) is 1. The average Bonchev–Trinajstić information content (AvgIpc) is 2.77. The van der Waals surface area contributed by atoms with E-state index in [-0.39, 0.29) is 15.7 Å². The van der Waals surface area contributed by atoms with Crippen molar-refractivity contribution < 1.29 is 14.7 Å². The van der Waals surface area contributed by atoms with Crippen molar-refractivity contribution in [3.63, 3.8) is 0 Å². The summed E-state index contributed by atoms with van der Waals surface area (Å²) in [6.07, 6.45) is 1.02. The monoisotopic (exact) mass is 350 g/mol. The van der Waals surface area contributed by atoms with Gasteiger partial charge in [0.25, 0.3) is 0 Å². The first-order valence-electron chi connectivity index (χ1n) is 6.22. The number of anilines is 1. The van der Waals surface area contributed by atoms with Crippen molar-refractivity contribution in [2.75, 3.05) is 11.9 Å². The Morgan fingerprint density at radius 2 is 1.86 bits per heavy atom. The first-order valence-corrected chi connectivity index (χ1v) is 7.35. The number of carboxylic acids is 1. The number of aliphatic carboxylic acids is 1. The second-order valence-corrected chi connectivity index (χ2v) is 6.26. The maximum atomic E-state index is 12.3. The molecule has 1 unspecified atom stereocenters. The van der Waals surface area contributed by atoms with E-state index in [4.69, 9.17) is 34.8 Å². The Labute approximate surface area is 136 Å². The Morgan fingerprint density at radius 3 is 2.38 bits per heavy atom. The summed E-state index contributed by atoms with van der Waals surface area (Å²) in [7, 11) is 0. The third kappa shape index (κ3) is 3.05. The number of amides is 2. The molecule has 1 atom stereocenters. The van der Waals surface area contributed by atoms with Crippen LogP contribution in [0.4, 0.5) is 10.5 Å². The molecule has 1 fully saturated rings. The van der Waals surface area contributed by atoms with Crippen LogP contribution in [-0.2, 0) is 4.79 Å². The van der Waals surface area contributed by atoms with Crippen molar-refractivity contribution in [1.29, 1.82) is 0 Å². The van der Waals surface area contributed by atoms with Gasteiger partial charge in [0.15, 0.2) is 0 Å². The van der Waals surface area contributed by atoms with Crippen LogP contribution in [0.5, 0.6) is 0 Å². The zero-order valence-corrected chi connectivity index (χ0v) is 13.4. The maximum Gasteiger partial charge on any atom is 0.329 e. The van der Waals surface area contributed by atoms with Crippen molar-refractivity contribution >= 4 is 52.5 Å². The number of carbonyl (C=O) groups excluding carboxylic acids is 1. The number of hydrogen-bond donors (Lipinski definition) is 2. The molecule has 1 saturated heterocycles. The minimum absolute atomic E-state index is 0.192. The van der Waals surface area contributed by atoms with E-state index in [2.05, 4.69) is 5.32 Å². The average molecular weight is 352 g/mol. The number of rotatable bonds is 2. The van der Waals surface area contributed by atoms with Gasteiger partial charge >= 0.3 is 12.0 Å². The summed E-state index contributed by atoms with van der Waals surface area (Å²) in [5.74, 6) is -1.04. The molecule has 0 radical (unpaired) electrons. The van der Waals surface area contributed by atoms with E-state index >= 15 is 0 Å². The molecule has 0 bridgehead atoms. The highest BCUT2D eigenvalue weighted by Crippen LogP contribution is 2.35. The number of hydrogen-bond acceptors (Lipinski definition) is 2. The molecule has 21 heavy (non-hydrogen) atoms. The van der Waals surface area contributed by atoms with Crippen LogP contribution in [0.25, 0.3) is 0 Å². The molecule has 2 amide bonds. The fourth-order valence-electron chi connectivity index (χ4n) is 2.35. The summed E-state index contributed by atoms with van der Waals surface area (Å²) < 4.78 is 0. The SMILES string of the molecule is CC1(C(=O)O)CCCN1C(=O)Nc1c(Cl)cc(Cl)cc1Cl. The summed E-state index contributed by atoms with van der Waals surface area (Å²) in [4.78, 5) is 25.0. The van der Waals surface area contributed by atoms with E-state index in [9.17, 15) is 14.7 Å². The second-order valence-electron chi connectivity index (χ2n) is 5.01. The van der Waals surface area contributed by atoms with E-state index in [0.717, 1.165) is 0 Å². The number of likely N-dealkylation sites (tertiary alicyclic amines) is 1. The number of halogens is 3. The van der Waals surface area contributed by atoms with Gasteiger partial charge in [0.1, 0.15) is 5.54 Å². The van der Waals surface area contributed by atoms with Crippen LogP contribution >= 0.6 is 34.8 Å². The predicted molar refractivity (Wildman–Crippen MR) is 82.5 cm³/mol. The highest BCUT2D eigenvalue weighted by atomic mass is 35.5. The summed E-state index contributed by atoms with van der Waals surface area (Å²) >= 11 is 17.8.